The molecule has 1 aromatic carbocycles. The smallest absolute Gasteiger partial charge is 0.245 e. The number of anilines is 1. The summed E-state index contributed by atoms with van der Waals surface area (Å²) in [6.07, 6.45) is 0. The number of nitrogen functional groups attached to an aromatic ring is 1. The van der Waals surface area contributed by atoms with Crippen molar-refractivity contribution in [3.05, 3.63) is 23.8 Å². The average Bonchev–Trinajstić information content (AvgIpc) is 2.27. The van der Waals surface area contributed by atoms with E-state index in [2.05, 4.69) is 0 Å². The summed E-state index contributed by atoms with van der Waals surface area (Å²) in [6.45, 7) is 6.72. The zero-order valence-corrected chi connectivity index (χ0v) is 13.7. The fourth-order valence-electron chi connectivity index (χ4n) is 2.37. The summed E-state index contributed by atoms with van der Waals surface area (Å²) < 4.78 is 27.0. The predicted octanol–water partition coefficient (Wildman–Crippen LogP) is 1.54. The van der Waals surface area contributed by atoms with Gasteiger partial charge in [0.25, 0.3) is 0 Å². The van der Waals surface area contributed by atoms with Gasteiger partial charge in [-0.15, -0.1) is 0 Å². The van der Waals surface area contributed by atoms with Gasteiger partial charge >= 0.3 is 0 Å². The molecule has 114 valence electrons. The Hall–Kier alpha value is -1.11. The topological polar surface area (TPSA) is 66.6 Å². The van der Waals surface area contributed by atoms with E-state index in [-0.39, 0.29) is 10.9 Å². The fourth-order valence-corrected chi connectivity index (χ4v) is 4.10. The molecule has 0 amide bonds. The van der Waals surface area contributed by atoms with Gasteiger partial charge in [0.15, 0.2) is 0 Å². The largest absolute Gasteiger partial charge is 0.398 e. The van der Waals surface area contributed by atoms with Crippen LogP contribution in [-0.4, -0.2) is 50.8 Å². The first-order valence-electron chi connectivity index (χ1n) is 6.72. The molecule has 0 aromatic heterocycles. The predicted molar refractivity (Wildman–Crippen MR) is 83.2 cm³/mol. The lowest BCUT2D eigenvalue weighted by Crippen LogP contribution is -2.43. The highest BCUT2D eigenvalue weighted by Gasteiger charge is 2.29. The molecule has 1 atom stereocenters. The van der Waals surface area contributed by atoms with Gasteiger partial charge in [-0.05, 0) is 45.6 Å². The zero-order valence-electron chi connectivity index (χ0n) is 12.9. The number of hydrogen-bond donors (Lipinski definition) is 1. The lowest BCUT2D eigenvalue weighted by Gasteiger charge is -2.29. The molecule has 0 aliphatic rings. The van der Waals surface area contributed by atoms with E-state index in [9.17, 15) is 8.42 Å². The van der Waals surface area contributed by atoms with E-state index in [4.69, 9.17) is 5.73 Å². The highest BCUT2D eigenvalue weighted by atomic mass is 32.2. The Bertz CT molecular complexity index is 556. The molecule has 1 rings (SSSR count). The second-order valence-electron chi connectivity index (χ2n) is 5.36. The molecule has 0 aliphatic heterocycles. The SMILES string of the molecule is CCN(C(C)CN(C)C)S(=O)(=O)c1ccc(C)cc1N. The molecule has 2 N–H and O–H groups in total. The molecule has 0 saturated heterocycles. The summed E-state index contributed by atoms with van der Waals surface area (Å²) in [5.41, 5.74) is 7.14. The maximum atomic E-state index is 12.7. The summed E-state index contributed by atoms with van der Waals surface area (Å²) in [5, 5.41) is 0. The summed E-state index contributed by atoms with van der Waals surface area (Å²) >= 11 is 0. The van der Waals surface area contributed by atoms with Crippen molar-refractivity contribution >= 4 is 15.7 Å². The normalized spacial score (nSPS) is 13.9. The minimum absolute atomic E-state index is 0.110. The van der Waals surface area contributed by atoms with Crippen LogP contribution in [0.3, 0.4) is 0 Å². The molecular formula is C14H25N3O2S. The van der Waals surface area contributed by atoms with E-state index in [0.717, 1.165) is 5.56 Å². The van der Waals surface area contributed by atoms with Gasteiger partial charge in [-0.3, -0.25) is 0 Å². The second-order valence-corrected chi connectivity index (χ2v) is 7.22. The number of nitrogens with zero attached hydrogens (tertiary/aromatic N) is 2. The molecule has 0 fully saturated rings. The second kappa shape index (κ2) is 6.56. The van der Waals surface area contributed by atoms with Crippen molar-refractivity contribution in [1.29, 1.82) is 0 Å². The van der Waals surface area contributed by atoms with Crippen LogP contribution in [0.1, 0.15) is 19.4 Å². The van der Waals surface area contributed by atoms with Crippen LogP contribution in [0.15, 0.2) is 23.1 Å². The van der Waals surface area contributed by atoms with E-state index in [0.29, 0.717) is 18.8 Å². The third-order valence-corrected chi connectivity index (χ3v) is 5.35. The van der Waals surface area contributed by atoms with Crippen LogP contribution in [0.4, 0.5) is 5.69 Å². The van der Waals surface area contributed by atoms with E-state index >= 15 is 0 Å². The van der Waals surface area contributed by atoms with Crippen molar-refractivity contribution in [2.24, 2.45) is 0 Å². The van der Waals surface area contributed by atoms with Crippen molar-refractivity contribution in [1.82, 2.24) is 9.21 Å². The van der Waals surface area contributed by atoms with Gasteiger partial charge in [0, 0.05) is 19.1 Å². The lowest BCUT2D eigenvalue weighted by molar-refractivity contribution is 0.271. The maximum absolute atomic E-state index is 12.7. The standard InChI is InChI=1S/C14H25N3O2S/c1-6-17(12(3)10-16(4)5)20(18,19)14-8-7-11(2)9-13(14)15/h7-9,12H,6,10,15H2,1-5H3. The minimum atomic E-state index is -3.56. The molecule has 1 aromatic rings. The summed E-state index contributed by atoms with van der Waals surface area (Å²) in [7, 11) is 0.294. The highest BCUT2D eigenvalue weighted by molar-refractivity contribution is 7.89. The number of nitrogens with two attached hydrogens (primary N) is 1. The minimum Gasteiger partial charge on any atom is -0.398 e. The molecule has 1 unspecified atom stereocenters. The number of sulfonamides is 1. The Morgan fingerprint density at radius 2 is 1.90 bits per heavy atom. The van der Waals surface area contributed by atoms with Gasteiger partial charge in [0.1, 0.15) is 4.90 Å². The van der Waals surface area contributed by atoms with E-state index in [1.165, 1.54) is 4.31 Å². The maximum Gasteiger partial charge on any atom is 0.245 e. The van der Waals surface area contributed by atoms with E-state index in [1.807, 2.05) is 39.8 Å². The van der Waals surface area contributed by atoms with Crippen LogP contribution in [0.2, 0.25) is 0 Å². The van der Waals surface area contributed by atoms with Crippen LogP contribution < -0.4 is 5.73 Å². The third kappa shape index (κ3) is 3.71. The monoisotopic (exact) mass is 299 g/mol. The average molecular weight is 299 g/mol. The Labute approximate surface area is 122 Å². The van der Waals surface area contributed by atoms with E-state index in [1.54, 1.807) is 18.2 Å². The number of benzene rings is 1. The molecule has 0 heterocycles. The van der Waals surface area contributed by atoms with Crippen molar-refractivity contribution in [3.63, 3.8) is 0 Å². The molecular weight excluding hydrogens is 274 g/mol. The lowest BCUT2D eigenvalue weighted by atomic mass is 10.2. The molecule has 20 heavy (non-hydrogen) atoms. The van der Waals surface area contributed by atoms with Crippen LogP contribution in [0.25, 0.3) is 0 Å². The van der Waals surface area contributed by atoms with Gasteiger partial charge in [-0.2, -0.15) is 4.31 Å². The molecule has 6 heteroatoms. The molecule has 0 bridgehead atoms. The third-order valence-electron chi connectivity index (χ3n) is 3.18. The highest BCUT2D eigenvalue weighted by Crippen LogP contribution is 2.24. The molecule has 0 radical (unpaired) electrons. The van der Waals surface area contributed by atoms with Crippen molar-refractivity contribution in [2.75, 3.05) is 32.9 Å². The Balaban J connectivity index is 3.18. The van der Waals surface area contributed by atoms with Crippen LogP contribution >= 0.6 is 0 Å². The van der Waals surface area contributed by atoms with Gasteiger partial charge in [-0.25, -0.2) is 8.42 Å². The summed E-state index contributed by atoms with van der Waals surface area (Å²) in [6, 6.07) is 4.94. The number of rotatable bonds is 6. The van der Waals surface area contributed by atoms with Crippen LogP contribution in [0, 0.1) is 6.92 Å². The quantitative estimate of drug-likeness (QED) is 0.809. The molecule has 5 nitrogen and oxygen atoms in total. The first-order valence-corrected chi connectivity index (χ1v) is 8.16. The van der Waals surface area contributed by atoms with Crippen molar-refractivity contribution in [2.45, 2.75) is 31.7 Å². The van der Waals surface area contributed by atoms with Crippen LogP contribution in [0.5, 0.6) is 0 Å². The van der Waals surface area contributed by atoms with Gasteiger partial charge < -0.3 is 10.6 Å². The van der Waals surface area contributed by atoms with Crippen molar-refractivity contribution in [3.8, 4) is 0 Å². The molecule has 0 saturated carbocycles. The Kier molecular flexibility index (Phi) is 5.56. The van der Waals surface area contributed by atoms with Crippen molar-refractivity contribution < 1.29 is 8.42 Å². The van der Waals surface area contributed by atoms with Gasteiger partial charge in [-0.1, -0.05) is 13.0 Å². The zero-order chi connectivity index (χ0) is 15.5. The van der Waals surface area contributed by atoms with Gasteiger partial charge in [0.05, 0.1) is 5.69 Å². The molecule has 0 spiro atoms. The Morgan fingerprint density at radius 3 is 2.35 bits per heavy atom. The van der Waals surface area contributed by atoms with E-state index < -0.39 is 10.0 Å². The van der Waals surface area contributed by atoms with Gasteiger partial charge in [0.2, 0.25) is 10.0 Å². The number of aryl methyl sites for hydroxylation is 1. The van der Waals surface area contributed by atoms with Crippen LogP contribution in [-0.2, 0) is 10.0 Å². The number of hydrogen-bond acceptors (Lipinski definition) is 4. The Morgan fingerprint density at radius 1 is 1.30 bits per heavy atom. The number of likely N-dealkylation sites (N-methyl/N-ethyl adjacent to an activating group) is 2. The first-order chi connectivity index (χ1) is 9.20. The first kappa shape index (κ1) is 16.9. The molecule has 0 aliphatic carbocycles. The summed E-state index contributed by atoms with van der Waals surface area (Å²) in [4.78, 5) is 2.16. The summed E-state index contributed by atoms with van der Waals surface area (Å²) in [5.74, 6) is 0. The fraction of sp³-hybridized carbons (Fsp3) is 0.571.